The van der Waals surface area contributed by atoms with Gasteiger partial charge in [-0.25, -0.2) is 0 Å². The second-order valence-electron chi connectivity index (χ2n) is 7.26. The Bertz CT molecular complexity index is 565. The van der Waals surface area contributed by atoms with Gasteiger partial charge in [-0.05, 0) is 30.0 Å². The first kappa shape index (κ1) is 16.5. The van der Waals surface area contributed by atoms with E-state index in [4.69, 9.17) is 0 Å². The van der Waals surface area contributed by atoms with Crippen molar-refractivity contribution in [2.24, 2.45) is 5.92 Å². The van der Waals surface area contributed by atoms with Crippen LogP contribution in [-0.2, 0) is 0 Å². The highest BCUT2D eigenvalue weighted by Gasteiger charge is 2.30. The molecule has 0 unspecified atom stereocenters. The van der Waals surface area contributed by atoms with E-state index >= 15 is 0 Å². The minimum atomic E-state index is -1.32. The molecule has 0 heterocycles. The lowest BCUT2D eigenvalue weighted by atomic mass is 10.1. The molecule has 0 saturated heterocycles. The van der Waals surface area contributed by atoms with Gasteiger partial charge in [0.1, 0.15) is 8.24 Å². The number of nitrogens with one attached hydrogen (secondary N) is 1. The predicted molar refractivity (Wildman–Crippen MR) is 98.7 cm³/mol. The highest BCUT2D eigenvalue weighted by Crippen LogP contribution is 2.27. The zero-order valence-electron chi connectivity index (χ0n) is 14.2. The van der Waals surface area contributed by atoms with Crippen molar-refractivity contribution in [1.82, 2.24) is 4.65 Å². The summed E-state index contributed by atoms with van der Waals surface area (Å²) in [5, 5.41) is 3.22. The van der Waals surface area contributed by atoms with Gasteiger partial charge in [-0.15, -0.1) is 0 Å². The Morgan fingerprint density at radius 1 is 1.14 bits per heavy atom. The lowest BCUT2D eigenvalue weighted by Gasteiger charge is -2.29. The smallest absolute Gasteiger partial charge is 0.195 e. The van der Waals surface area contributed by atoms with Gasteiger partial charge in [0.2, 0.25) is 0 Å². The van der Waals surface area contributed by atoms with Gasteiger partial charge < -0.3 is 4.65 Å². The lowest BCUT2D eigenvalue weighted by Crippen LogP contribution is -2.58. The van der Waals surface area contributed by atoms with Crippen LogP contribution in [0.2, 0.25) is 19.6 Å². The Hall–Kier alpha value is -0.906. The summed E-state index contributed by atoms with van der Waals surface area (Å²) >= 11 is 0. The average molecular weight is 315 g/mol. The molecule has 1 radical (unpaired) electrons. The predicted octanol–water partition coefficient (Wildman–Crippen LogP) is 4.07. The molecule has 1 nitrogen and oxygen atoms in total. The van der Waals surface area contributed by atoms with Crippen LogP contribution in [-0.4, -0.2) is 17.2 Å². The van der Waals surface area contributed by atoms with Gasteiger partial charge >= 0.3 is 0 Å². The van der Waals surface area contributed by atoms with Crippen molar-refractivity contribution in [3.05, 3.63) is 52.8 Å². The van der Waals surface area contributed by atoms with Crippen molar-refractivity contribution in [3.63, 3.8) is 0 Å². The molecule has 1 N–H and O–H groups in total. The van der Waals surface area contributed by atoms with Crippen molar-refractivity contribution < 1.29 is 0 Å². The van der Waals surface area contributed by atoms with Crippen LogP contribution >= 0.6 is 0 Å². The molecule has 0 saturated carbocycles. The monoisotopic (exact) mass is 314 g/mol. The van der Waals surface area contributed by atoms with Crippen LogP contribution in [0.4, 0.5) is 0 Å². The van der Waals surface area contributed by atoms with Crippen molar-refractivity contribution in [2.45, 2.75) is 46.8 Å². The molecule has 0 fully saturated rings. The summed E-state index contributed by atoms with van der Waals surface area (Å²) in [4.78, 5) is 0. The van der Waals surface area contributed by atoms with E-state index in [1.54, 1.807) is 16.0 Å². The number of benzene rings is 1. The van der Waals surface area contributed by atoms with Crippen LogP contribution in [0.1, 0.15) is 25.8 Å². The maximum Gasteiger partial charge on any atom is 0.195 e. The van der Waals surface area contributed by atoms with Crippen molar-refractivity contribution in [3.8, 4) is 0 Å². The molecule has 0 bridgehead atoms. The molecule has 3 heteroatoms. The average Bonchev–Trinajstić information content (AvgIpc) is 2.85. The standard InChI is InChI=1S/C18H28NSi2/c1-14(2)16-11-9-13-18(16)20(19-21(4,5)6)17-12-8-7-10-15(17)3/h7-12,14,19H,13H2,1-6H3. The minimum Gasteiger partial charge on any atom is -0.353 e. The molecular weight excluding hydrogens is 286 g/mol. The second-order valence-corrected chi connectivity index (χ2v) is 14.7. The second kappa shape index (κ2) is 6.47. The summed E-state index contributed by atoms with van der Waals surface area (Å²) in [6.07, 6.45) is 5.84. The van der Waals surface area contributed by atoms with Gasteiger partial charge in [-0.3, -0.25) is 0 Å². The lowest BCUT2D eigenvalue weighted by molar-refractivity contribution is 0.789. The first-order valence-electron chi connectivity index (χ1n) is 7.90. The molecule has 0 aliphatic heterocycles. The summed E-state index contributed by atoms with van der Waals surface area (Å²) in [6.45, 7) is 14.1. The molecule has 1 aromatic carbocycles. The fourth-order valence-electron chi connectivity index (χ4n) is 2.84. The van der Waals surface area contributed by atoms with E-state index in [1.165, 1.54) is 5.56 Å². The maximum absolute atomic E-state index is 4.08. The zero-order valence-corrected chi connectivity index (χ0v) is 16.2. The van der Waals surface area contributed by atoms with Gasteiger partial charge in [0.15, 0.2) is 8.96 Å². The fourth-order valence-corrected chi connectivity index (χ4v) is 9.03. The first-order chi connectivity index (χ1) is 9.79. The van der Waals surface area contributed by atoms with E-state index in [-0.39, 0.29) is 0 Å². The van der Waals surface area contributed by atoms with Gasteiger partial charge in [0, 0.05) is 0 Å². The van der Waals surface area contributed by atoms with Crippen LogP contribution in [0.5, 0.6) is 0 Å². The Labute approximate surface area is 132 Å². The molecule has 21 heavy (non-hydrogen) atoms. The molecule has 0 amide bonds. The van der Waals surface area contributed by atoms with Gasteiger partial charge in [0.25, 0.3) is 0 Å². The Morgan fingerprint density at radius 2 is 1.81 bits per heavy atom. The van der Waals surface area contributed by atoms with Crippen molar-refractivity contribution in [1.29, 1.82) is 0 Å². The molecule has 0 aromatic heterocycles. The topological polar surface area (TPSA) is 12.0 Å². The molecule has 1 aliphatic carbocycles. The summed E-state index contributed by atoms with van der Waals surface area (Å²) in [7, 11) is -2.18. The van der Waals surface area contributed by atoms with Crippen molar-refractivity contribution in [2.75, 3.05) is 0 Å². The van der Waals surface area contributed by atoms with E-state index in [2.05, 4.69) is 81.5 Å². The van der Waals surface area contributed by atoms with Gasteiger partial charge in [0.05, 0.1) is 0 Å². The number of aryl methyl sites for hydroxylation is 1. The number of hydrogen-bond donors (Lipinski definition) is 1. The third-order valence-corrected chi connectivity index (χ3v) is 10.0. The normalized spacial score (nSPS) is 15.6. The molecule has 113 valence electrons. The number of rotatable bonds is 5. The highest BCUT2D eigenvalue weighted by molar-refractivity contribution is 6.91. The Morgan fingerprint density at radius 3 is 2.38 bits per heavy atom. The maximum atomic E-state index is 4.08. The Balaban J connectivity index is 2.48. The molecular formula is C18H28NSi2. The molecule has 1 aliphatic rings. The number of allylic oxidation sites excluding steroid dienone is 4. The minimum absolute atomic E-state index is 0.617. The molecule has 0 spiro atoms. The SMILES string of the molecule is Cc1ccccc1[Si](N[Si](C)(C)C)C1=C(C(C)C)C=CC1. The van der Waals surface area contributed by atoms with Gasteiger partial charge in [-0.2, -0.15) is 0 Å². The fraction of sp³-hybridized carbons (Fsp3) is 0.444. The van der Waals surface area contributed by atoms with E-state index in [0.717, 1.165) is 6.42 Å². The summed E-state index contributed by atoms with van der Waals surface area (Å²) in [6, 6.07) is 8.93. The summed E-state index contributed by atoms with van der Waals surface area (Å²) < 4.78 is 4.08. The van der Waals surface area contributed by atoms with Crippen LogP contribution in [0, 0.1) is 12.8 Å². The highest BCUT2D eigenvalue weighted by atomic mass is 28.4. The quantitative estimate of drug-likeness (QED) is 0.808. The number of hydrogen-bond acceptors (Lipinski definition) is 1. The van der Waals surface area contributed by atoms with Crippen LogP contribution in [0.25, 0.3) is 0 Å². The third-order valence-electron chi connectivity index (χ3n) is 3.81. The van der Waals surface area contributed by atoms with Gasteiger partial charge in [-0.1, -0.05) is 80.7 Å². The summed E-state index contributed by atoms with van der Waals surface area (Å²) in [5.74, 6) is 0.617. The van der Waals surface area contributed by atoms with E-state index in [0.29, 0.717) is 5.92 Å². The van der Waals surface area contributed by atoms with E-state index < -0.39 is 17.2 Å². The van der Waals surface area contributed by atoms with Crippen LogP contribution in [0.3, 0.4) is 0 Å². The van der Waals surface area contributed by atoms with E-state index in [9.17, 15) is 0 Å². The summed E-state index contributed by atoms with van der Waals surface area (Å²) in [5.41, 5.74) is 3.00. The molecule has 2 rings (SSSR count). The Kier molecular flexibility index (Phi) is 5.07. The zero-order chi connectivity index (χ0) is 15.6. The van der Waals surface area contributed by atoms with E-state index in [1.807, 2.05) is 0 Å². The van der Waals surface area contributed by atoms with Crippen LogP contribution in [0.15, 0.2) is 47.2 Å². The first-order valence-corrected chi connectivity index (χ1v) is 12.9. The van der Waals surface area contributed by atoms with Crippen LogP contribution < -0.4 is 9.83 Å². The molecule has 1 aromatic rings. The third kappa shape index (κ3) is 4.05. The van der Waals surface area contributed by atoms with Crippen molar-refractivity contribution >= 4 is 22.4 Å². The molecule has 0 atom stereocenters. The largest absolute Gasteiger partial charge is 0.353 e.